The Kier molecular flexibility index (Phi) is 18.6. The van der Waals surface area contributed by atoms with E-state index in [9.17, 15) is 19.2 Å². The molecule has 4 unspecified atom stereocenters. The first kappa shape index (κ1) is 38.7. The molecule has 256 valence electrons. The second kappa shape index (κ2) is 20.6. The summed E-state index contributed by atoms with van der Waals surface area (Å²) in [6.07, 6.45) is 2.53. The Morgan fingerprint density at radius 1 is 0.930 bits per heavy atom. The summed E-state index contributed by atoms with van der Waals surface area (Å²) in [4.78, 5) is 52.9. The van der Waals surface area contributed by atoms with Gasteiger partial charge in [0.05, 0.1) is 39.6 Å². The summed E-state index contributed by atoms with van der Waals surface area (Å²) in [7, 11) is 0. The third kappa shape index (κ3) is 15.3. The van der Waals surface area contributed by atoms with Crippen LogP contribution < -0.4 is 16.0 Å². The number of nitrogens with one attached hydrogen (secondary N) is 3. The van der Waals surface area contributed by atoms with Gasteiger partial charge in [-0.1, -0.05) is 54.4 Å². The molecule has 0 aromatic rings. The van der Waals surface area contributed by atoms with E-state index in [2.05, 4.69) is 43.6 Å². The SMILES string of the molecule is CCC(CC)CNC(=O)C1CC(OC(C)=O)CN1C(=O)C(NC(=O)COCCOCCOCCNC(C)CC)C(C)(C)C.[HH].[HH].[HH]. The molecule has 1 saturated heterocycles. The van der Waals surface area contributed by atoms with Gasteiger partial charge in [0.2, 0.25) is 17.7 Å². The van der Waals surface area contributed by atoms with Gasteiger partial charge in [0.15, 0.2) is 0 Å². The van der Waals surface area contributed by atoms with E-state index in [1.54, 1.807) is 0 Å². The number of amides is 3. The number of esters is 1. The Morgan fingerprint density at radius 3 is 2.09 bits per heavy atom. The fourth-order valence-electron chi connectivity index (χ4n) is 4.69. The standard InChI is InChI=1S/C31H58N4O8.3H2/c1-9-22(4)32-12-13-40-14-15-41-16-17-42-21-27(37)34-28(31(6,7)8)30(39)35-20-25(43-23(5)36)18-26(35)29(38)33-19-24(10-2)11-3;;;/h22,24-26,28,32H,9-21H2,1-8H3,(H,33,38)(H,34,37);3*1H. The molecule has 0 aromatic heterocycles. The predicted octanol–water partition coefficient (Wildman–Crippen LogP) is 2.78. The molecule has 0 aromatic carbocycles. The zero-order valence-electron chi connectivity index (χ0n) is 27.8. The van der Waals surface area contributed by atoms with Crippen LogP contribution in [0.1, 0.15) is 85.4 Å². The fraction of sp³-hybridized carbons (Fsp3) is 0.871. The van der Waals surface area contributed by atoms with Crippen LogP contribution in [0.4, 0.5) is 0 Å². The van der Waals surface area contributed by atoms with Crippen LogP contribution in [0.25, 0.3) is 0 Å². The number of carbonyl (C=O) groups is 4. The van der Waals surface area contributed by atoms with Crippen LogP contribution in [-0.2, 0) is 38.1 Å². The van der Waals surface area contributed by atoms with E-state index in [-0.39, 0.29) is 36.4 Å². The first-order valence-corrected chi connectivity index (χ1v) is 15.8. The van der Waals surface area contributed by atoms with Crippen molar-refractivity contribution in [2.75, 3.05) is 59.3 Å². The van der Waals surface area contributed by atoms with Crippen LogP contribution in [0.15, 0.2) is 0 Å². The van der Waals surface area contributed by atoms with Gasteiger partial charge in [0.25, 0.3) is 0 Å². The zero-order chi connectivity index (χ0) is 32.4. The number of rotatable bonds is 21. The molecule has 3 amide bonds. The third-order valence-corrected chi connectivity index (χ3v) is 7.65. The second-order valence-electron chi connectivity index (χ2n) is 12.3. The van der Waals surface area contributed by atoms with Gasteiger partial charge < -0.3 is 39.8 Å². The molecule has 1 rings (SSSR count). The molecule has 3 N–H and O–H groups in total. The molecule has 0 saturated carbocycles. The molecule has 0 bridgehead atoms. The number of ether oxygens (including phenoxy) is 4. The first-order chi connectivity index (χ1) is 20.3. The van der Waals surface area contributed by atoms with Gasteiger partial charge in [-0.3, -0.25) is 19.2 Å². The number of carbonyl (C=O) groups excluding carboxylic acids is 4. The zero-order valence-corrected chi connectivity index (χ0v) is 27.8. The summed E-state index contributed by atoms with van der Waals surface area (Å²) in [6, 6.07) is -1.25. The summed E-state index contributed by atoms with van der Waals surface area (Å²) in [6.45, 7) is 18.4. The predicted molar refractivity (Wildman–Crippen MR) is 171 cm³/mol. The molecule has 0 spiro atoms. The minimum atomic E-state index is -0.919. The minimum absolute atomic E-state index is 0. The highest BCUT2D eigenvalue weighted by Gasteiger charge is 2.45. The van der Waals surface area contributed by atoms with Crippen LogP contribution in [0.2, 0.25) is 0 Å². The smallest absolute Gasteiger partial charge is 0.302 e. The fourth-order valence-corrected chi connectivity index (χ4v) is 4.69. The van der Waals surface area contributed by atoms with Gasteiger partial charge >= 0.3 is 5.97 Å². The normalized spacial score (nSPS) is 18.4. The van der Waals surface area contributed by atoms with Crippen LogP contribution in [0.5, 0.6) is 0 Å². The van der Waals surface area contributed by atoms with Gasteiger partial charge in [-0.05, 0) is 24.7 Å². The highest BCUT2D eigenvalue weighted by Crippen LogP contribution is 2.27. The minimum Gasteiger partial charge on any atom is -0.461 e. The molecule has 1 aliphatic rings. The molecule has 0 aliphatic carbocycles. The van der Waals surface area contributed by atoms with Crippen LogP contribution >= 0.6 is 0 Å². The van der Waals surface area contributed by atoms with Crippen LogP contribution in [-0.4, -0.2) is 112 Å². The van der Waals surface area contributed by atoms with Gasteiger partial charge in [-0.2, -0.15) is 0 Å². The Labute approximate surface area is 263 Å². The summed E-state index contributed by atoms with van der Waals surface area (Å²) in [5.74, 6) is -1.28. The van der Waals surface area contributed by atoms with Crippen molar-refractivity contribution in [3.05, 3.63) is 0 Å². The molecule has 43 heavy (non-hydrogen) atoms. The largest absolute Gasteiger partial charge is 0.461 e. The maximum absolute atomic E-state index is 13.8. The molecule has 1 heterocycles. The average molecular weight is 621 g/mol. The lowest BCUT2D eigenvalue weighted by Crippen LogP contribution is -2.58. The molecule has 0 radical (unpaired) electrons. The van der Waals surface area contributed by atoms with Crippen molar-refractivity contribution in [3.63, 3.8) is 0 Å². The molecule has 4 atom stereocenters. The highest BCUT2D eigenvalue weighted by atomic mass is 16.5. The van der Waals surface area contributed by atoms with Crippen LogP contribution in [0, 0.1) is 11.3 Å². The van der Waals surface area contributed by atoms with Gasteiger partial charge in [-0.15, -0.1) is 0 Å². The van der Waals surface area contributed by atoms with Gasteiger partial charge in [0, 0.05) is 36.8 Å². The lowest BCUT2D eigenvalue weighted by Gasteiger charge is -2.35. The summed E-state index contributed by atoms with van der Waals surface area (Å²) >= 11 is 0. The monoisotopic (exact) mass is 620 g/mol. The molecular weight excluding hydrogens is 556 g/mol. The first-order valence-electron chi connectivity index (χ1n) is 15.8. The van der Waals surface area contributed by atoms with Crippen molar-refractivity contribution in [1.29, 1.82) is 0 Å². The Balaban J connectivity index is -0.00000616. The van der Waals surface area contributed by atoms with E-state index >= 15 is 0 Å². The van der Waals surface area contributed by atoms with E-state index in [1.807, 2.05) is 20.8 Å². The molecule has 1 aliphatic heterocycles. The van der Waals surface area contributed by atoms with E-state index in [1.165, 1.54) is 11.8 Å². The van der Waals surface area contributed by atoms with Crippen molar-refractivity contribution in [2.45, 2.75) is 105 Å². The Hall–Kier alpha value is -2.28. The highest BCUT2D eigenvalue weighted by molar-refractivity contribution is 5.93. The van der Waals surface area contributed by atoms with Crippen LogP contribution in [0.3, 0.4) is 0 Å². The lowest BCUT2D eigenvalue weighted by atomic mass is 9.85. The number of hydrogen-bond donors (Lipinski definition) is 3. The second-order valence-corrected chi connectivity index (χ2v) is 12.3. The molecule has 12 nitrogen and oxygen atoms in total. The van der Waals surface area contributed by atoms with Crippen molar-refractivity contribution < 1.29 is 42.4 Å². The van der Waals surface area contributed by atoms with Crippen molar-refractivity contribution in [3.8, 4) is 0 Å². The maximum Gasteiger partial charge on any atom is 0.302 e. The summed E-state index contributed by atoms with van der Waals surface area (Å²) < 4.78 is 21.8. The topological polar surface area (TPSA) is 145 Å². The average Bonchev–Trinajstić information content (AvgIpc) is 3.37. The van der Waals surface area contributed by atoms with E-state index in [4.69, 9.17) is 18.9 Å². The molecular formula is C31H64N4O8. The third-order valence-electron chi connectivity index (χ3n) is 7.65. The Morgan fingerprint density at radius 2 is 1.53 bits per heavy atom. The van der Waals surface area contributed by atoms with Crippen molar-refractivity contribution in [1.82, 2.24) is 20.9 Å². The van der Waals surface area contributed by atoms with E-state index in [0.717, 1.165) is 25.8 Å². The summed E-state index contributed by atoms with van der Waals surface area (Å²) in [5.41, 5.74) is -0.657. The maximum atomic E-state index is 13.8. The molecule has 12 heteroatoms. The van der Waals surface area contributed by atoms with Gasteiger partial charge in [0.1, 0.15) is 24.8 Å². The summed E-state index contributed by atoms with van der Waals surface area (Å²) in [5, 5.41) is 9.12. The number of likely N-dealkylation sites (tertiary alicyclic amines) is 1. The van der Waals surface area contributed by atoms with Crippen molar-refractivity contribution in [2.24, 2.45) is 11.3 Å². The quantitative estimate of drug-likeness (QED) is 0.130. The van der Waals surface area contributed by atoms with E-state index in [0.29, 0.717) is 44.9 Å². The van der Waals surface area contributed by atoms with E-state index < -0.39 is 41.4 Å². The number of nitrogens with zero attached hydrogens (tertiary/aromatic N) is 1. The lowest BCUT2D eigenvalue weighted by molar-refractivity contribution is -0.147. The number of hydrogen-bond acceptors (Lipinski definition) is 9. The van der Waals surface area contributed by atoms with Gasteiger partial charge in [-0.25, -0.2) is 0 Å². The molecule has 1 fully saturated rings. The Bertz CT molecular complexity index is 862. The van der Waals surface area contributed by atoms with Crippen molar-refractivity contribution >= 4 is 23.7 Å².